The van der Waals surface area contributed by atoms with E-state index in [2.05, 4.69) is 39.6 Å². The van der Waals surface area contributed by atoms with Crippen LogP contribution in [0.15, 0.2) is 42.5 Å². The highest BCUT2D eigenvalue weighted by Crippen LogP contribution is 2.27. The van der Waals surface area contributed by atoms with Crippen molar-refractivity contribution in [1.82, 2.24) is 14.5 Å². The molecule has 29 heavy (non-hydrogen) atoms. The number of nitrogen functional groups attached to an aromatic ring is 1. The summed E-state index contributed by atoms with van der Waals surface area (Å²) in [6, 6.07) is 14.0. The van der Waals surface area contributed by atoms with Crippen LogP contribution in [0.25, 0.3) is 11.0 Å². The number of benzene rings is 2. The van der Waals surface area contributed by atoms with Crippen molar-refractivity contribution in [2.24, 2.45) is 12.8 Å². The van der Waals surface area contributed by atoms with E-state index in [1.54, 1.807) is 0 Å². The zero-order valence-electron chi connectivity index (χ0n) is 17.1. The second-order valence-corrected chi connectivity index (χ2v) is 7.36. The van der Waals surface area contributed by atoms with Crippen molar-refractivity contribution in [3.63, 3.8) is 0 Å². The maximum absolute atomic E-state index is 7.92. The van der Waals surface area contributed by atoms with Crippen molar-refractivity contribution < 1.29 is 4.74 Å². The van der Waals surface area contributed by atoms with Gasteiger partial charge in [-0.3, -0.25) is 10.3 Å². The number of imidazole rings is 1. The van der Waals surface area contributed by atoms with Crippen LogP contribution in [0, 0.1) is 5.41 Å². The third kappa shape index (κ3) is 3.91. The molecule has 1 aromatic heterocycles. The van der Waals surface area contributed by atoms with Crippen LogP contribution in [-0.2, 0) is 13.6 Å². The average Bonchev–Trinajstić information content (AvgIpc) is 3.04. The molecule has 4 rings (SSSR count). The fourth-order valence-electron chi connectivity index (χ4n) is 3.94. The summed E-state index contributed by atoms with van der Waals surface area (Å²) in [5.74, 6) is 1.99. The Labute approximate surface area is 171 Å². The van der Waals surface area contributed by atoms with Crippen LogP contribution in [0.4, 0.5) is 5.69 Å². The van der Waals surface area contributed by atoms with Crippen molar-refractivity contribution in [3.8, 4) is 5.75 Å². The number of aromatic nitrogens is 2. The average molecular weight is 393 g/mol. The lowest BCUT2D eigenvalue weighted by atomic mass is 10.1. The summed E-state index contributed by atoms with van der Waals surface area (Å²) in [5.41, 5.74) is 9.77. The minimum Gasteiger partial charge on any atom is -0.494 e. The Bertz CT molecular complexity index is 1020. The smallest absolute Gasteiger partial charge is 0.124 e. The van der Waals surface area contributed by atoms with Crippen LogP contribution in [0.1, 0.15) is 18.3 Å². The summed E-state index contributed by atoms with van der Waals surface area (Å²) in [6.07, 6.45) is 0. The number of hydrogen-bond donors (Lipinski definition) is 2. The van der Waals surface area contributed by atoms with Gasteiger partial charge >= 0.3 is 0 Å². The van der Waals surface area contributed by atoms with E-state index in [9.17, 15) is 0 Å². The van der Waals surface area contributed by atoms with Crippen LogP contribution in [0.5, 0.6) is 5.75 Å². The van der Waals surface area contributed by atoms with E-state index in [0.717, 1.165) is 61.1 Å². The van der Waals surface area contributed by atoms with Gasteiger partial charge in [0.1, 0.15) is 17.4 Å². The summed E-state index contributed by atoms with van der Waals surface area (Å²) >= 11 is 0. The molecule has 0 amide bonds. The fourth-order valence-corrected chi connectivity index (χ4v) is 3.94. The summed E-state index contributed by atoms with van der Waals surface area (Å²) in [5, 5.41) is 7.92. The number of aryl methyl sites for hydroxylation is 1. The lowest BCUT2D eigenvalue weighted by molar-refractivity contribution is 0.242. The van der Waals surface area contributed by atoms with Crippen molar-refractivity contribution >= 4 is 22.6 Å². The first-order valence-electron chi connectivity index (χ1n) is 10.1. The molecule has 3 aromatic rings. The van der Waals surface area contributed by atoms with Crippen LogP contribution >= 0.6 is 0 Å². The van der Waals surface area contributed by atoms with Gasteiger partial charge in [0.15, 0.2) is 0 Å². The minimum absolute atomic E-state index is 0.0881. The standard InChI is InChI=1S/C22H28N6O/c1-3-29-16-8-9-17(22(23)24)20(14-16)28-12-10-27(11-13-28)15-21-25-18-6-4-5-7-19(18)26(21)2/h4-9,14H,3,10-13,15H2,1-2H3,(H3,23,24). The van der Waals surface area contributed by atoms with Gasteiger partial charge in [0.05, 0.1) is 29.9 Å². The Kier molecular flexibility index (Phi) is 5.40. The summed E-state index contributed by atoms with van der Waals surface area (Å²) < 4.78 is 7.84. The molecular formula is C22H28N6O. The van der Waals surface area contributed by atoms with E-state index in [1.807, 2.05) is 31.2 Å². The largest absolute Gasteiger partial charge is 0.494 e. The van der Waals surface area contributed by atoms with Crippen LogP contribution in [0.2, 0.25) is 0 Å². The van der Waals surface area contributed by atoms with E-state index >= 15 is 0 Å². The molecule has 152 valence electrons. The molecule has 3 N–H and O–H groups in total. The van der Waals surface area contributed by atoms with Crippen molar-refractivity contribution in [1.29, 1.82) is 5.41 Å². The van der Waals surface area contributed by atoms with E-state index in [0.29, 0.717) is 6.61 Å². The maximum Gasteiger partial charge on any atom is 0.124 e. The number of para-hydroxylation sites is 2. The molecule has 2 heterocycles. The monoisotopic (exact) mass is 392 g/mol. The molecule has 0 aliphatic carbocycles. The normalized spacial score (nSPS) is 15.0. The molecule has 1 aliphatic heterocycles. The zero-order valence-corrected chi connectivity index (χ0v) is 17.1. The number of piperazine rings is 1. The van der Waals surface area contributed by atoms with Gasteiger partial charge in [0, 0.05) is 44.9 Å². The fraction of sp³-hybridized carbons (Fsp3) is 0.364. The molecule has 0 unspecified atom stereocenters. The van der Waals surface area contributed by atoms with E-state index in [-0.39, 0.29) is 5.84 Å². The molecule has 0 saturated carbocycles. The summed E-state index contributed by atoms with van der Waals surface area (Å²) in [7, 11) is 2.08. The number of fused-ring (bicyclic) bond motifs is 1. The van der Waals surface area contributed by atoms with E-state index in [4.69, 9.17) is 20.9 Å². The Morgan fingerprint density at radius 1 is 1.14 bits per heavy atom. The van der Waals surface area contributed by atoms with Crippen LogP contribution in [0.3, 0.4) is 0 Å². The number of hydrogen-bond acceptors (Lipinski definition) is 5. The maximum atomic E-state index is 7.92. The number of anilines is 1. The molecule has 0 radical (unpaired) electrons. The molecule has 0 bridgehead atoms. The third-order valence-electron chi connectivity index (χ3n) is 5.53. The van der Waals surface area contributed by atoms with Gasteiger partial charge in [-0.2, -0.15) is 0 Å². The Morgan fingerprint density at radius 2 is 1.90 bits per heavy atom. The predicted molar refractivity (Wildman–Crippen MR) is 117 cm³/mol. The number of rotatable bonds is 6. The van der Waals surface area contributed by atoms with Crippen molar-refractivity contribution in [2.75, 3.05) is 37.7 Å². The zero-order chi connectivity index (χ0) is 20.4. The van der Waals surface area contributed by atoms with Crippen LogP contribution in [-0.4, -0.2) is 53.1 Å². The second kappa shape index (κ2) is 8.13. The molecule has 0 spiro atoms. The van der Waals surface area contributed by atoms with Crippen molar-refractivity contribution in [2.45, 2.75) is 13.5 Å². The molecule has 1 saturated heterocycles. The van der Waals surface area contributed by atoms with Gasteiger partial charge in [-0.1, -0.05) is 12.1 Å². The van der Waals surface area contributed by atoms with Gasteiger partial charge < -0.3 is 19.9 Å². The summed E-state index contributed by atoms with van der Waals surface area (Å²) in [4.78, 5) is 9.52. The number of amidine groups is 1. The molecule has 1 aliphatic rings. The Balaban J connectivity index is 1.47. The highest BCUT2D eigenvalue weighted by atomic mass is 16.5. The van der Waals surface area contributed by atoms with Crippen LogP contribution < -0.4 is 15.4 Å². The minimum atomic E-state index is 0.0881. The highest BCUT2D eigenvalue weighted by Gasteiger charge is 2.22. The molecule has 0 atom stereocenters. The van der Waals surface area contributed by atoms with Gasteiger partial charge in [-0.05, 0) is 31.2 Å². The van der Waals surface area contributed by atoms with Crippen molar-refractivity contribution in [3.05, 3.63) is 53.9 Å². The number of nitrogens with zero attached hydrogens (tertiary/aromatic N) is 4. The lowest BCUT2D eigenvalue weighted by Gasteiger charge is -2.36. The Morgan fingerprint density at radius 3 is 2.59 bits per heavy atom. The third-order valence-corrected chi connectivity index (χ3v) is 5.53. The molecule has 1 fully saturated rings. The molecular weight excluding hydrogens is 364 g/mol. The first kappa shape index (κ1) is 19.3. The lowest BCUT2D eigenvalue weighted by Crippen LogP contribution is -2.46. The number of nitrogens with two attached hydrogens (primary N) is 1. The van der Waals surface area contributed by atoms with Gasteiger partial charge in [0.2, 0.25) is 0 Å². The van der Waals surface area contributed by atoms with Gasteiger partial charge in [-0.15, -0.1) is 0 Å². The molecule has 2 aromatic carbocycles. The van der Waals surface area contributed by atoms with Gasteiger partial charge in [-0.25, -0.2) is 4.98 Å². The highest BCUT2D eigenvalue weighted by molar-refractivity contribution is 6.00. The first-order chi connectivity index (χ1) is 14.1. The SMILES string of the molecule is CCOc1ccc(C(=N)N)c(N2CCN(Cc3nc4ccccc4n3C)CC2)c1. The quantitative estimate of drug-likeness (QED) is 0.498. The first-order valence-corrected chi connectivity index (χ1v) is 10.1. The molecule has 7 nitrogen and oxygen atoms in total. The summed E-state index contributed by atoms with van der Waals surface area (Å²) in [6.45, 7) is 7.03. The van der Waals surface area contributed by atoms with E-state index < -0.39 is 0 Å². The van der Waals surface area contributed by atoms with Gasteiger partial charge in [0.25, 0.3) is 0 Å². The second-order valence-electron chi connectivity index (χ2n) is 7.36. The molecule has 7 heteroatoms. The number of ether oxygens (including phenoxy) is 1. The predicted octanol–water partition coefficient (Wildman–Crippen LogP) is 2.58. The van der Waals surface area contributed by atoms with E-state index in [1.165, 1.54) is 5.52 Å². The number of nitrogens with one attached hydrogen (secondary N) is 1. The topological polar surface area (TPSA) is 83.4 Å². The Hall–Kier alpha value is -3.06.